The van der Waals surface area contributed by atoms with Gasteiger partial charge in [0.15, 0.2) is 0 Å². The van der Waals surface area contributed by atoms with Crippen molar-refractivity contribution in [2.45, 2.75) is 57.0 Å². The van der Waals surface area contributed by atoms with Gasteiger partial charge in [0.1, 0.15) is 6.04 Å². The van der Waals surface area contributed by atoms with Crippen molar-refractivity contribution in [1.82, 2.24) is 25.0 Å². The number of hydrogen-bond acceptors (Lipinski definition) is 4. The zero-order chi connectivity index (χ0) is 32.9. The third-order valence-corrected chi connectivity index (χ3v) is 9.69. The molecule has 1 aromatic heterocycles. The van der Waals surface area contributed by atoms with E-state index in [0.717, 1.165) is 47.7 Å². The lowest BCUT2D eigenvalue weighted by atomic mass is 9.89. The average molecular weight is 635 g/mol. The molecule has 2 fully saturated rings. The lowest BCUT2D eigenvalue weighted by molar-refractivity contribution is -0.118. The minimum Gasteiger partial charge on any atom is -0.361 e. The van der Waals surface area contributed by atoms with E-state index in [9.17, 15) is 14.4 Å². The van der Waals surface area contributed by atoms with Crippen LogP contribution in [-0.4, -0.2) is 83.8 Å². The van der Waals surface area contributed by atoms with Gasteiger partial charge in [-0.3, -0.25) is 9.59 Å². The largest absolute Gasteiger partial charge is 0.361 e. The maximum Gasteiger partial charge on any atom is 0.318 e. The summed E-state index contributed by atoms with van der Waals surface area (Å²) in [6, 6.07) is 23.0. The van der Waals surface area contributed by atoms with Crippen molar-refractivity contribution in [2.24, 2.45) is 0 Å². The van der Waals surface area contributed by atoms with Crippen molar-refractivity contribution in [3.8, 4) is 0 Å². The van der Waals surface area contributed by atoms with Crippen LogP contribution < -0.4 is 10.6 Å². The Kier molecular flexibility index (Phi) is 9.92. The number of carbonyl (C=O) groups is 3. The number of nitrogens with one attached hydrogen (secondary N) is 3. The first-order chi connectivity index (χ1) is 22.8. The first-order valence-corrected chi connectivity index (χ1v) is 16.8. The normalized spacial score (nSPS) is 16.8. The molecule has 9 heteroatoms. The molecule has 2 aliphatic heterocycles. The van der Waals surface area contributed by atoms with Crippen molar-refractivity contribution in [1.29, 1.82) is 0 Å². The number of urea groups is 1. The van der Waals surface area contributed by atoms with Crippen LogP contribution in [0.25, 0.3) is 10.9 Å². The Morgan fingerprint density at radius 2 is 1.60 bits per heavy atom. The molecule has 47 heavy (non-hydrogen) atoms. The molecule has 3 aromatic carbocycles. The van der Waals surface area contributed by atoms with Gasteiger partial charge in [0.05, 0.1) is 11.3 Å². The lowest BCUT2D eigenvalue weighted by Gasteiger charge is -2.34. The van der Waals surface area contributed by atoms with Gasteiger partial charge in [0.25, 0.3) is 5.91 Å². The number of piperidine rings is 1. The number of carbonyl (C=O) groups excluding carboxylic acids is 3. The number of para-hydroxylation sites is 1. The van der Waals surface area contributed by atoms with Crippen LogP contribution in [0, 0.1) is 0 Å². The summed E-state index contributed by atoms with van der Waals surface area (Å²) in [6.45, 7) is 5.28. The van der Waals surface area contributed by atoms with E-state index < -0.39 is 6.04 Å². The number of aromatic amines is 1. The third-order valence-electron chi connectivity index (χ3n) is 9.69. The summed E-state index contributed by atoms with van der Waals surface area (Å²) in [5.41, 5.74) is 5.13. The zero-order valence-corrected chi connectivity index (χ0v) is 27.7. The summed E-state index contributed by atoms with van der Waals surface area (Å²) in [6.07, 6.45) is 5.61. The summed E-state index contributed by atoms with van der Waals surface area (Å²) in [5.74, 6) is -0.390. The second-order valence-corrected chi connectivity index (χ2v) is 13.3. The molecular weight excluding hydrogens is 588 g/mol. The van der Waals surface area contributed by atoms with Crippen molar-refractivity contribution in [3.05, 3.63) is 101 Å². The molecule has 2 aliphatic rings. The SMILES string of the molecule is C[C@@H](c1c[nH]c2ccccc12)[C@@H](NC(=O)N1CCC(c2ccccc2)CC1)C(=O)Nc1cc(CN(C)C)ccc1C(=O)N1CCCC1. The van der Waals surface area contributed by atoms with Crippen LogP contribution in [0.1, 0.15) is 71.5 Å². The fourth-order valence-corrected chi connectivity index (χ4v) is 7.08. The monoisotopic (exact) mass is 634 g/mol. The zero-order valence-electron chi connectivity index (χ0n) is 27.7. The van der Waals surface area contributed by atoms with E-state index in [0.29, 0.717) is 49.9 Å². The van der Waals surface area contributed by atoms with Gasteiger partial charge in [-0.25, -0.2) is 4.79 Å². The Balaban J connectivity index is 1.27. The first-order valence-electron chi connectivity index (χ1n) is 16.8. The van der Waals surface area contributed by atoms with Crippen molar-refractivity contribution < 1.29 is 14.4 Å². The van der Waals surface area contributed by atoms with Gasteiger partial charge >= 0.3 is 6.03 Å². The number of aromatic nitrogens is 1. The summed E-state index contributed by atoms with van der Waals surface area (Å²) in [4.78, 5) is 50.9. The van der Waals surface area contributed by atoms with Crippen LogP contribution in [0.15, 0.2) is 79.0 Å². The molecule has 6 rings (SSSR count). The second-order valence-electron chi connectivity index (χ2n) is 13.3. The number of hydrogen-bond donors (Lipinski definition) is 3. The van der Waals surface area contributed by atoms with Crippen LogP contribution >= 0.6 is 0 Å². The molecule has 246 valence electrons. The number of amides is 4. The molecular formula is C38H46N6O3. The number of benzene rings is 3. The van der Waals surface area contributed by atoms with Crippen molar-refractivity contribution in [3.63, 3.8) is 0 Å². The van der Waals surface area contributed by atoms with Crippen LogP contribution in [0.3, 0.4) is 0 Å². The molecule has 2 atom stereocenters. The molecule has 3 heterocycles. The highest BCUT2D eigenvalue weighted by Gasteiger charge is 2.33. The fourth-order valence-electron chi connectivity index (χ4n) is 7.08. The van der Waals surface area contributed by atoms with E-state index in [1.165, 1.54) is 5.56 Å². The maximum atomic E-state index is 14.4. The molecule has 0 bridgehead atoms. The van der Waals surface area contributed by atoms with E-state index in [1.807, 2.05) is 90.4 Å². The molecule has 0 saturated carbocycles. The maximum absolute atomic E-state index is 14.4. The lowest BCUT2D eigenvalue weighted by Crippen LogP contribution is -2.53. The average Bonchev–Trinajstić information content (AvgIpc) is 3.78. The molecule has 4 amide bonds. The second kappa shape index (κ2) is 14.4. The van der Waals surface area contributed by atoms with Crippen molar-refractivity contribution >= 4 is 34.4 Å². The summed E-state index contributed by atoms with van der Waals surface area (Å²) in [7, 11) is 3.97. The smallest absolute Gasteiger partial charge is 0.318 e. The number of anilines is 1. The minimum absolute atomic E-state index is 0.0826. The number of likely N-dealkylation sites (tertiary alicyclic amines) is 2. The first kappa shape index (κ1) is 32.3. The molecule has 2 saturated heterocycles. The number of H-pyrrole nitrogens is 1. The van der Waals surface area contributed by atoms with E-state index in [2.05, 4.69) is 39.9 Å². The van der Waals surface area contributed by atoms with E-state index in [-0.39, 0.29) is 23.8 Å². The van der Waals surface area contributed by atoms with E-state index in [4.69, 9.17) is 0 Å². The third kappa shape index (κ3) is 7.36. The van der Waals surface area contributed by atoms with E-state index >= 15 is 0 Å². The topological polar surface area (TPSA) is 101 Å². The summed E-state index contributed by atoms with van der Waals surface area (Å²) < 4.78 is 0. The van der Waals surface area contributed by atoms with Crippen molar-refractivity contribution in [2.75, 3.05) is 45.6 Å². The van der Waals surface area contributed by atoms with Crippen LogP contribution in [0.5, 0.6) is 0 Å². The minimum atomic E-state index is -0.888. The van der Waals surface area contributed by atoms with Crippen LogP contribution in [-0.2, 0) is 11.3 Å². The molecule has 0 unspecified atom stereocenters. The molecule has 0 spiro atoms. The Bertz CT molecular complexity index is 1700. The van der Waals surface area contributed by atoms with Gasteiger partial charge in [-0.1, -0.05) is 61.5 Å². The predicted octanol–water partition coefficient (Wildman–Crippen LogP) is 6.17. The summed E-state index contributed by atoms with van der Waals surface area (Å²) in [5, 5.41) is 7.24. The van der Waals surface area contributed by atoms with Crippen LogP contribution in [0.2, 0.25) is 0 Å². The van der Waals surface area contributed by atoms with Gasteiger partial charge in [-0.15, -0.1) is 0 Å². The van der Waals surface area contributed by atoms with Gasteiger partial charge < -0.3 is 30.3 Å². The quantitative estimate of drug-likeness (QED) is 0.205. The molecule has 3 N–H and O–H groups in total. The van der Waals surface area contributed by atoms with Gasteiger partial charge in [0.2, 0.25) is 5.91 Å². The Labute approximate surface area is 277 Å². The number of nitrogens with zero attached hydrogens (tertiary/aromatic N) is 3. The Hall–Kier alpha value is -4.63. The highest BCUT2D eigenvalue weighted by atomic mass is 16.2. The standard InChI is InChI=1S/C38H46N6O3/c1-26(32-24-39-33-14-8-7-13-30(32)33)35(41-38(47)44-21-17-29(18-22-44)28-11-5-4-6-12-28)36(45)40-34-23-27(25-42(2)3)15-16-31(34)37(46)43-19-9-10-20-43/h4-8,11-16,23-24,26,29,35,39H,9-10,17-22,25H2,1-3H3,(H,40,45)(H,41,47)/t26-,35+/m0/s1. The molecule has 0 radical (unpaired) electrons. The van der Waals surface area contributed by atoms with E-state index in [1.54, 1.807) is 0 Å². The van der Waals surface area contributed by atoms with Gasteiger partial charge in [0, 0.05) is 55.7 Å². The van der Waals surface area contributed by atoms with Gasteiger partial charge in [-0.05, 0) is 80.6 Å². The Morgan fingerprint density at radius 3 is 2.32 bits per heavy atom. The van der Waals surface area contributed by atoms with Crippen LogP contribution in [0.4, 0.5) is 10.5 Å². The summed E-state index contributed by atoms with van der Waals surface area (Å²) >= 11 is 0. The molecule has 4 aromatic rings. The molecule has 0 aliphatic carbocycles. The fraction of sp³-hybridized carbons (Fsp3) is 0.395. The highest BCUT2D eigenvalue weighted by molar-refractivity contribution is 6.06. The highest BCUT2D eigenvalue weighted by Crippen LogP contribution is 2.31. The number of rotatable bonds is 9. The predicted molar refractivity (Wildman–Crippen MR) is 187 cm³/mol. The molecule has 9 nitrogen and oxygen atoms in total. The Morgan fingerprint density at radius 1 is 0.894 bits per heavy atom. The number of fused-ring (bicyclic) bond motifs is 1. The van der Waals surface area contributed by atoms with Gasteiger partial charge in [-0.2, -0.15) is 0 Å².